The molecule has 0 radical (unpaired) electrons. The molecule has 1 aromatic rings. The topological polar surface area (TPSA) is 86.7 Å². The number of carboxylic acid groups (broad SMARTS) is 1. The summed E-state index contributed by atoms with van der Waals surface area (Å²) in [6.45, 7) is 2.00. The monoisotopic (exact) mass is 368 g/mol. The maximum atomic E-state index is 13.9. The van der Waals surface area contributed by atoms with Gasteiger partial charge in [0.25, 0.3) is 0 Å². The van der Waals surface area contributed by atoms with Crippen molar-refractivity contribution in [2.24, 2.45) is 0 Å². The Kier molecular flexibility index (Phi) is 6.81. The van der Waals surface area contributed by atoms with Crippen LogP contribution in [0.3, 0.4) is 0 Å². The maximum absolute atomic E-state index is 13.9. The third-order valence-corrected chi connectivity index (χ3v) is 4.92. The fourth-order valence-electron chi connectivity index (χ4n) is 2.53. The molecule has 1 fully saturated rings. The molecule has 0 aromatic heterocycles. The minimum Gasteiger partial charge on any atom is -0.481 e. The summed E-state index contributed by atoms with van der Waals surface area (Å²) < 4.78 is 13.9. The summed E-state index contributed by atoms with van der Waals surface area (Å²) in [5.41, 5.74) is 0.299. The Labute approximate surface area is 149 Å². The van der Waals surface area contributed by atoms with E-state index in [9.17, 15) is 18.8 Å². The Balaban J connectivity index is 2.02. The van der Waals surface area contributed by atoms with Crippen LogP contribution in [0.5, 0.6) is 0 Å². The summed E-state index contributed by atoms with van der Waals surface area (Å²) >= 11 is 1.51. The smallest absolute Gasteiger partial charge is 0.307 e. The van der Waals surface area contributed by atoms with Crippen LogP contribution in [0.4, 0.5) is 10.1 Å². The number of nitrogens with zero attached hydrogens (tertiary/aromatic N) is 1. The van der Waals surface area contributed by atoms with Gasteiger partial charge in [0.15, 0.2) is 0 Å². The second-order valence-corrected chi connectivity index (χ2v) is 6.85. The van der Waals surface area contributed by atoms with E-state index < -0.39 is 24.2 Å². The summed E-state index contributed by atoms with van der Waals surface area (Å²) in [7, 11) is 0. The van der Waals surface area contributed by atoms with Crippen molar-refractivity contribution < 1.29 is 23.9 Å². The molecule has 1 unspecified atom stereocenters. The van der Waals surface area contributed by atoms with Gasteiger partial charge < -0.3 is 15.3 Å². The molecular weight excluding hydrogens is 347 g/mol. The van der Waals surface area contributed by atoms with Crippen molar-refractivity contribution >= 4 is 35.2 Å². The first-order valence-corrected chi connectivity index (χ1v) is 9.26. The molecular formula is C17H21FN2O4S. The van der Waals surface area contributed by atoms with Crippen LogP contribution >= 0.6 is 11.8 Å². The number of benzene rings is 1. The van der Waals surface area contributed by atoms with Crippen LogP contribution in [-0.4, -0.2) is 45.5 Å². The van der Waals surface area contributed by atoms with Crippen molar-refractivity contribution in [3.8, 4) is 0 Å². The Morgan fingerprint density at radius 3 is 2.80 bits per heavy atom. The molecule has 1 aliphatic rings. The van der Waals surface area contributed by atoms with Gasteiger partial charge in [0, 0.05) is 17.9 Å². The lowest BCUT2D eigenvalue weighted by Gasteiger charge is -2.23. The average molecular weight is 368 g/mol. The summed E-state index contributed by atoms with van der Waals surface area (Å²) in [6, 6.07) is 3.33. The molecule has 2 rings (SSSR count). The lowest BCUT2D eigenvalue weighted by Crippen LogP contribution is -2.44. The minimum absolute atomic E-state index is 0.0463. The number of carboxylic acids is 1. The molecule has 25 heavy (non-hydrogen) atoms. The fraction of sp³-hybridized carbons (Fsp3) is 0.471. The van der Waals surface area contributed by atoms with Crippen molar-refractivity contribution in [3.63, 3.8) is 0 Å². The summed E-state index contributed by atoms with van der Waals surface area (Å²) in [5.74, 6) is -1.23. The van der Waals surface area contributed by atoms with Crippen LogP contribution in [-0.2, 0) is 20.8 Å². The molecule has 1 aromatic carbocycles. The van der Waals surface area contributed by atoms with Crippen molar-refractivity contribution in [2.75, 3.05) is 16.9 Å². The number of unbranched alkanes of at least 4 members (excludes halogenated alkanes) is 1. The average Bonchev–Trinajstić information content (AvgIpc) is 3.04. The van der Waals surface area contributed by atoms with Crippen LogP contribution in [0.25, 0.3) is 0 Å². The first-order valence-electron chi connectivity index (χ1n) is 8.10. The van der Waals surface area contributed by atoms with Crippen molar-refractivity contribution in [3.05, 3.63) is 29.6 Å². The molecule has 136 valence electrons. The molecule has 1 heterocycles. The Bertz CT molecular complexity index is 668. The normalized spacial score (nSPS) is 16.7. The zero-order chi connectivity index (χ0) is 18.4. The zero-order valence-corrected chi connectivity index (χ0v) is 14.8. The van der Waals surface area contributed by atoms with Crippen LogP contribution < -0.4 is 5.32 Å². The van der Waals surface area contributed by atoms with E-state index >= 15 is 0 Å². The number of hydrogen-bond donors (Lipinski definition) is 2. The molecule has 1 saturated heterocycles. The number of amides is 2. The van der Waals surface area contributed by atoms with Crippen molar-refractivity contribution in [1.29, 1.82) is 0 Å². The number of halogens is 1. The predicted octanol–water partition coefficient (Wildman–Crippen LogP) is 2.48. The molecule has 0 aliphatic carbocycles. The molecule has 6 nitrogen and oxygen atoms in total. The van der Waals surface area contributed by atoms with Gasteiger partial charge in [-0.25, -0.2) is 4.39 Å². The van der Waals surface area contributed by atoms with E-state index in [-0.39, 0.29) is 23.1 Å². The van der Waals surface area contributed by atoms with E-state index in [0.717, 1.165) is 18.9 Å². The van der Waals surface area contributed by atoms with Gasteiger partial charge in [0.1, 0.15) is 11.9 Å². The zero-order valence-electron chi connectivity index (χ0n) is 14.0. The van der Waals surface area contributed by atoms with E-state index in [4.69, 9.17) is 5.11 Å². The highest BCUT2D eigenvalue weighted by molar-refractivity contribution is 7.99. The van der Waals surface area contributed by atoms with E-state index in [0.29, 0.717) is 18.1 Å². The molecule has 1 aliphatic heterocycles. The van der Waals surface area contributed by atoms with E-state index in [2.05, 4.69) is 5.32 Å². The largest absolute Gasteiger partial charge is 0.481 e. The van der Waals surface area contributed by atoms with Gasteiger partial charge in [0.2, 0.25) is 11.8 Å². The van der Waals surface area contributed by atoms with Crippen LogP contribution in [0.2, 0.25) is 0 Å². The summed E-state index contributed by atoms with van der Waals surface area (Å²) in [4.78, 5) is 36.8. The quantitative estimate of drug-likeness (QED) is 0.772. The molecule has 0 saturated carbocycles. The van der Waals surface area contributed by atoms with Gasteiger partial charge in [-0.3, -0.25) is 14.4 Å². The number of carbonyl (C=O) groups is 3. The highest BCUT2D eigenvalue weighted by Gasteiger charge is 2.34. The van der Waals surface area contributed by atoms with E-state index in [1.807, 2.05) is 6.92 Å². The number of rotatable bonds is 7. The van der Waals surface area contributed by atoms with Gasteiger partial charge in [-0.15, -0.1) is 11.8 Å². The molecule has 1 atom stereocenters. The van der Waals surface area contributed by atoms with Crippen LogP contribution in [0.1, 0.15) is 31.7 Å². The second kappa shape index (κ2) is 8.84. The number of nitrogens with one attached hydrogen (secondary N) is 1. The minimum atomic E-state index is -1.13. The number of carbonyl (C=O) groups excluding carboxylic acids is 2. The lowest BCUT2D eigenvalue weighted by atomic mass is 10.1. The number of hydrogen-bond acceptors (Lipinski definition) is 4. The molecule has 0 bridgehead atoms. The first kappa shape index (κ1) is 19.2. The highest BCUT2D eigenvalue weighted by Crippen LogP contribution is 2.24. The predicted molar refractivity (Wildman–Crippen MR) is 93.9 cm³/mol. The summed E-state index contributed by atoms with van der Waals surface area (Å²) in [5, 5.41) is 11.3. The summed E-state index contributed by atoms with van der Waals surface area (Å²) in [6.07, 6.45) is 1.69. The van der Waals surface area contributed by atoms with Gasteiger partial charge in [0.05, 0.1) is 12.3 Å². The van der Waals surface area contributed by atoms with Crippen molar-refractivity contribution in [1.82, 2.24) is 4.90 Å². The first-order chi connectivity index (χ1) is 11.9. The van der Waals surface area contributed by atoms with Crippen molar-refractivity contribution in [2.45, 2.75) is 38.6 Å². The highest BCUT2D eigenvalue weighted by atomic mass is 32.2. The standard InChI is InChI=1S/C17H21FN2O4S/c1-2-3-4-15(21)20-10-25-9-14(20)17(24)19-12-6-5-11(7-16(22)23)13(18)8-12/h5-6,8,14H,2-4,7,9-10H2,1H3,(H,19,24)(H,22,23). The Morgan fingerprint density at radius 2 is 2.16 bits per heavy atom. The maximum Gasteiger partial charge on any atom is 0.307 e. The van der Waals surface area contributed by atoms with E-state index in [1.165, 1.54) is 23.9 Å². The van der Waals surface area contributed by atoms with Gasteiger partial charge in [-0.2, -0.15) is 0 Å². The Hall–Kier alpha value is -2.09. The lowest BCUT2D eigenvalue weighted by molar-refractivity contribution is -0.136. The van der Waals surface area contributed by atoms with Gasteiger partial charge in [-0.1, -0.05) is 19.4 Å². The third-order valence-electron chi connectivity index (χ3n) is 3.91. The Morgan fingerprint density at radius 1 is 1.40 bits per heavy atom. The molecule has 2 N–H and O–H groups in total. The third kappa shape index (κ3) is 5.19. The molecule has 8 heteroatoms. The van der Waals surface area contributed by atoms with E-state index in [1.54, 1.807) is 4.90 Å². The number of aliphatic carboxylic acids is 1. The molecule has 2 amide bonds. The van der Waals surface area contributed by atoms with Gasteiger partial charge in [-0.05, 0) is 24.1 Å². The SMILES string of the molecule is CCCCC(=O)N1CSCC1C(=O)Nc1ccc(CC(=O)O)c(F)c1. The van der Waals surface area contributed by atoms with Gasteiger partial charge >= 0.3 is 5.97 Å². The number of thioether (sulfide) groups is 1. The molecule has 0 spiro atoms. The van der Waals surface area contributed by atoms with Crippen LogP contribution in [0.15, 0.2) is 18.2 Å². The number of anilines is 1. The fourth-order valence-corrected chi connectivity index (χ4v) is 3.71. The second-order valence-electron chi connectivity index (χ2n) is 5.85. The van der Waals surface area contributed by atoms with Crippen LogP contribution in [0, 0.1) is 5.82 Å².